The highest BCUT2D eigenvalue weighted by molar-refractivity contribution is 9.10. The number of halogens is 1. The van der Waals surface area contributed by atoms with E-state index >= 15 is 0 Å². The number of benzene rings is 1. The first-order chi connectivity index (χ1) is 12.0. The number of hydrogen-bond donors (Lipinski definition) is 0. The number of nitrogens with zero attached hydrogens (tertiary/aromatic N) is 2. The monoisotopic (exact) mass is 408 g/mol. The molecule has 1 aliphatic heterocycles. The Morgan fingerprint density at radius 2 is 2.00 bits per heavy atom. The van der Waals surface area contributed by atoms with Gasteiger partial charge in [0.05, 0.1) is 26.3 Å². The molecular formula is C17H17BrN2O5. The topological polar surface area (TPSA) is 77.8 Å². The third kappa shape index (κ3) is 3.13. The second kappa shape index (κ2) is 6.87. The van der Waals surface area contributed by atoms with E-state index in [4.69, 9.17) is 4.74 Å². The van der Waals surface area contributed by atoms with E-state index in [0.29, 0.717) is 0 Å². The quantitative estimate of drug-likeness (QED) is 0.710. The maximum absolute atomic E-state index is 12.9. The highest BCUT2D eigenvalue weighted by atomic mass is 79.9. The maximum Gasteiger partial charge on any atom is 0.330 e. The molecule has 132 valence electrons. The maximum atomic E-state index is 12.9. The largest absolute Gasteiger partial charge is 0.469 e. The van der Waals surface area contributed by atoms with Crippen LogP contribution in [0.3, 0.4) is 0 Å². The predicted octanol–water partition coefficient (Wildman–Crippen LogP) is 2.68. The highest BCUT2D eigenvalue weighted by Crippen LogP contribution is 2.30. The molecule has 0 saturated carbocycles. The molecule has 2 heterocycles. The van der Waals surface area contributed by atoms with Gasteiger partial charge in [-0.2, -0.15) is 0 Å². The van der Waals surface area contributed by atoms with Crippen LogP contribution in [0.15, 0.2) is 28.7 Å². The fraction of sp³-hybridized carbons (Fsp3) is 0.353. The zero-order chi connectivity index (χ0) is 18.1. The molecule has 0 N–H and O–H groups in total. The van der Waals surface area contributed by atoms with Crippen molar-refractivity contribution in [3.8, 4) is 0 Å². The lowest BCUT2D eigenvalue weighted by Gasteiger charge is -2.24. The molecule has 0 bridgehead atoms. The normalized spacial score (nSPS) is 14.5. The van der Waals surface area contributed by atoms with Crippen molar-refractivity contribution in [3.05, 3.63) is 34.4 Å². The van der Waals surface area contributed by atoms with Crippen LogP contribution < -0.4 is 0 Å². The van der Waals surface area contributed by atoms with Gasteiger partial charge in [0.2, 0.25) is 0 Å². The summed E-state index contributed by atoms with van der Waals surface area (Å²) in [5.74, 6) is -0.983. The van der Waals surface area contributed by atoms with E-state index in [9.17, 15) is 14.4 Å². The van der Waals surface area contributed by atoms with Crippen molar-refractivity contribution in [1.29, 1.82) is 0 Å². The Bertz CT molecular complexity index is 860. The number of esters is 2. The van der Waals surface area contributed by atoms with Crippen molar-refractivity contribution in [3.63, 3.8) is 0 Å². The van der Waals surface area contributed by atoms with Gasteiger partial charge in [-0.3, -0.25) is 9.36 Å². The van der Waals surface area contributed by atoms with E-state index in [-0.39, 0.29) is 25.4 Å². The molecule has 1 unspecified atom stereocenters. The van der Waals surface area contributed by atoms with E-state index < -0.39 is 18.0 Å². The molecule has 0 spiro atoms. The molecular weight excluding hydrogens is 392 g/mol. The number of methoxy groups -OCH3 is 2. The molecule has 1 atom stereocenters. The van der Waals surface area contributed by atoms with E-state index in [2.05, 4.69) is 20.7 Å². The number of rotatable bonds is 5. The highest BCUT2D eigenvalue weighted by Gasteiger charge is 2.38. The summed E-state index contributed by atoms with van der Waals surface area (Å²) in [5.41, 5.74) is 1.57. The molecule has 1 aromatic carbocycles. The average molecular weight is 409 g/mol. The third-order valence-electron chi connectivity index (χ3n) is 4.31. The Morgan fingerprint density at radius 1 is 1.24 bits per heavy atom. The predicted molar refractivity (Wildman–Crippen MR) is 93.0 cm³/mol. The van der Waals surface area contributed by atoms with Crippen LogP contribution in [0.5, 0.6) is 0 Å². The molecule has 1 aliphatic rings. The van der Waals surface area contributed by atoms with Gasteiger partial charge in [-0.05, 0) is 24.6 Å². The molecule has 2 aromatic rings. The van der Waals surface area contributed by atoms with E-state index in [1.165, 1.54) is 19.1 Å². The summed E-state index contributed by atoms with van der Waals surface area (Å²) in [6.07, 6.45) is 0.179. The Labute approximate surface area is 152 Å². The lowest BCUT2D eigenvalue weighted by Crippen LogP contribution is -2.43. The molecule has 0 radical (unpaired) electrons. The van der Waals surface area contributed by atoms with Crippen LogP contribution in [0.25, 0.3) is 10.9 Å². The standard InChI is InChI=1S/C17H17BrN2O5/c1-24-15(21)6-5-13(16(22)25-2)19-9-12-7-10-3-4-11(18)8-14(10)20(12)17(19)23/h3-4,7-8,13H,5-6,9H2,1-2H3. The van der Waals surface area contributed by atoms with Crippen LogP contribution >= 0.6 is 15.9 Å². The molecule has 25 heavy (non-hydrogen) atoms. The van der Waals surface area contributed by atoms with E-state index in [1.807, 2.05) is 24.3 Å². The Hall–Kier alpha value is -2.35. The first-order valence-electron chi connectivity index (χ1n) is 7.71. The van der Waals surface area contributed by atoms with Crippen LogP contribution in [0.2, 0.25) is 0 Å². The minimum absolute atomic E-state index is 0.0290. The Morgan fingerprint density at radius 3 is 2.68 bits per heavy atom. The summed E-state index contributed by atoms with van der Waals surface area (Å²) in [7, 11) is 2.55. The van der Waals surface area contributed by atoms with Crippen molar-refractivity contribution in [1.82, 2.24) is 9.47 Å². The van der Waals surface area contributed by atoms with Gasteiger partial charge in [-0.25, -0.2) is 9.59 Å². The van der Waals surface area contributed by atoms with Crippen molar-refractivity contribution < 1.29 is 23.9 Å². The average Bonchev–Trinajstić information content (AvgIpc) is 3.11. The van der Waals surface area contributed by atoms with Crippen molar-refractivity contribution in [2.24, 2.45) is 0 Å². The molecule has 7 nitrogen and oxygen atoms in total. The number of ether oxygens (including phenoxy) is 2. The molecule has 1 aromatic heterocycles. The lowest BCUT2D eigenvalue weighted by atomic mass is 10.1. The van der Waals surface area contributed by atoms with Gasteiger partial charge in [0.15, 0.2) is 0 Å². The number of amides is 1. The SMILES string of the molecule is COC(=O)CCC(C(=O)OC)N1Cc2cc3ccc(Br)cc3n2C1=O. The molecule has 0 saturated heterocycles. The smallest absolute Gasteiger partial charge is 0.330 e. The zero-order valence-corrected chi connectivity index (χ0v) is 15.4. The Kier molecular flexibility index (Phi) is 4.80. The zero-order valence-electron chi connectivity index (χ0n) is 13.8. The van der Waals surface area contributed by atoms with E-state index in [1.54, 1.807) is 4.57 Å². The Balaban J connectivity index is 1.91. The van der Waals surface area contributed by atoms with Crippen LogP contribution in [0, 0.1) is 0 Å². The second-order valence-corrected chi connectivity index (χ2v) is 6.65. The van der Waals surface area contributed by atoms with Crippen LogP contribution in [0.4, 0.5) is 4.79 Å². The summed E-state index contributed by atoms with van der Waals surface area (Å²) < 4.78 is 11.9. The number of carbonyl (C=O) groups excluding carboxylic acids is 3. The number of hydrogen-bond acceptors (Lipinski definition) is 5. The molecule has 8 heteroatoms. The van der Waals surface area contributed by atoms with Gasteiger partial charge in [0, 0.05) is 22.0 Å². The number of carbonyl (C=O) groups is 3. The third-order valence-corrected chi connectivity index (χ3v) is 4.80. The van der Waals surface area contributed by atoms with Gasteiger partial charge in [-0.1, -0.05) is 22.0 Å². The number of aromatic nitrogens is 1. The first-order valence-corrected chi connectivity index (χ1v) is 8.51. The van der Waals surface area contributed by atoms with Gasteiger partial charge >= 0.3 is 18.0 Å². The minimum atomic E-state index is -0.835. The lowest BCUT2D eigenvalue weighted by molar-refractivity contribution is -0.147. The van der Waals surface area contributed by atoms with Gasteiger partial charge < -0.3 is 14.4 Å². The van der Waals surface area contributed by atoms with Crippen molar-refractivity contribution in [2.75, 3.05) is 14.2 Å². The summed E-state index contributed by atoms with van der Waals surface area (Å²) in [4.78, 5) is 37.9. The fourth-order valence-corrected chi connectivity index (χ4v) is 3.43. The summed E-state index contributed by atoms with van der Waals surface area (Å²) in [6, 6.07) is 6.49. The molecule has 1 amide bonds. The summed E-state index contributed by atoms with van der Waals surface area (Å²) >= 11 is 3.41. The number of fused-ring (bicyclic) bond motifs is 3. The van der Waals surface area contributed by atoms with Crippen LogP contribution in [-0.2, 0) is 25.6 Å². The minimum Gasteiger partial charge on any atom is -0.469 e. The van der Waals surface area contributed by atoms with Gasteiger partial charge in [0.25, 0.3) is 0 Å². The first kappa shape index (κ1) is 17.5. The molecule has 0 aliphatic carbocycles. The van der Waals surface area contributed by atoms with Gasteiger partial charge in [0.1, 0.15) is 6.04 Å². The summed E-state index contributed by atoms with van der Waals surface area (Å²) in [6.45, 7) is 0.284. The molecule has 0 fully saturated rings. The van der Waals surface area contributed by atoms with Crippen LogP contribution in [0.1, 0.15) is 18.5 Å². The van der Waals surface area contributed by atoms with Crippen LogP contribution in [-0.4, -0.2) is 47.7 Å². The second-order valence-electron chi connectivity index (χ2n) is 5.74. The fourth-order valence-electron chi connectivity index (χ4n) is 3.08. The van der Waals surface area contributed by atoms with E-state index in [0.717, 1.165) is 21.1 Å². The van der Waals surface area contributed by atoms with Gasteiger partial charge in [-0.15, -0.1) is 0 Å². The van der Waals surface area contributed by atoms with Crippen molar-refractivity contribution in [2.45, 2.75) is 25.4 Å². The van der Waals surface area contributed by atoms with Crippen molar-refractivity contribution >= 4 is 44.8 Å². The summed E-state index contributed by atoms with van der Waals surface area (Å²) in [5, 5.41) is 0.954. The molecule has 3 rings (SSSR count).